The Kier molecular flexibility index (Phi) is 11.4. The van der Waals surface area contributed by atoms with Gasteiger partial charge in [-0.1, -0.05) is 17.7 Å². The number of rotatable bonds is 11. The second-order valence-corrected chi connectivity index (χ2v) is 11.4. The van der Waals surface area contributed by atoms with Crippen LogP contribution in [-0.2, 0) is 10.0 Å². The van der Waals surface area contributed by atoms with E-state index >= 15 is 0 Å². The van der Waals surface area contributed by atoms with Gasteiger partial charge in [0.2, 0.25) is 10.0 Å². The minimum absolute atomic E-state index is 0. The Balaban J connectivity index is 0.00000363. The molecule has 0 unspecified atom stereocenters. The van der Waals surface area contributed by atoms with Crippen LogP contribution in [0.3, 0.4) is 0 Å². The van der Waals surface area contributed by atoms with Crippen LogP contribution in [0.1, 0.15) is 55.2 Å². The molecular formula is C24H43ClN4O2S. The fourth-order valence-corrected chi connectivity index (χ4v) is 6.95. The lowest BCUT2D eigenvalue weighted by Gasteiger charge is -2.32. The van der Waals surface area contributed by atoms with Gasteiger partial charge in [0.05, 0.1) is 4.90 Å². The first-order valence-corrected chi connectivity index (χ1v) is 13.5. The van der Waals surface area contributed by atoms with E-state index in [4.69, 9.17) is 0 Å². The minimum atomic E-state index is -3.41. The normalized spacial score (nSPS) is 20.4. The highest BCUT2D eigenvalue weighted by Crippen LogP contribution is 2.28. The van der Waals surface area contributed by atoms with Gasteiger partial charge in [-0.15, -0.1) is 12.4 Å². The molecule has 2 fully saturated rings. The summed E-state index contributed by atoms with van der Waals surface area (Å²) in [4.78, 5) is 0.506. The van der Waals surface area contributed by atoms with Gasteiger partial charge in [0, 0.05) is 25.7 Å². The molecule has 2 saturated heterocycles. The number of benzene rings is 1. The van der Waals surface area contributed by atoms with E-state index in [0.29, 0.717) is 29.9 Å². The molecule has 0 spiro atoms. The second-order valence-electron chi connectivity index (χ2n) is 9.48. The summed E-state index contributed by atoms with van der Waals surface area (Å²) in [6, 6.07) is 4.61. The molecule has 3 N–H and O–H groups in total. The zero-order valence-corrected chi connectivity index (χ0v) is 21.7. The van der Waals surface area contributed by atoms with Gasteiger partial charge in [0.25, 0.3) is 0 Å². The zero-order chi connectivity index (χ0) is 22.3. The Morgan fingerprint density at radius 3 is 2.12 bits per heavy atom. The lowest BCUT2D eigenvalue weighted by molar-refractivity contribution is 0.267. The Morgan fingerprint density at radius 2 is 1.56 bits per heavy atom. The number of halogens is 1. The van der Waals surface area contributed by atoms with E-state index in [1.165, 1.54) is 32.2 Å². The van der Waals surface area contributed by atoms with Crippen molar-refractivity contribution < 1.29 is 8.42 Å². The molecule has 1 aromatic rings. The molecule has 32 heavy (non-hydrogen) atoms. The number of nitrogens with one attached hydrogen (secondary N) is 3. The SMILES string of the molecule is Cc1cc(C)c(S(=O)(=O)N2CCC(CNCCCCNC[C@@H]3CCCN3)CC2)c(C)c1.Cl. The summed E-state index contributed by atoms with van der Waals surface area (Å²) in [5.41, 5.74) is 2.82. The maximum atomic E-state index is 13.2. The van der Waals surface area contributed by atoms with Crippen LogP contribution >= 0.6 is 12.4 Å². The summed E-state index contributed by atoms with van der Waals surface area (Å²) < 4.78 is 28.1. The van der Waals surface area contributed by atoms with Crippen molar-refractivity contribution in [3.05, 3.63) is 28.8 Å². The molecule has 0 radical (unpaired) electrons. The van der Waals surface area contributed by atoms with Gasteiger partial charge in [0.1, 0.15) is 0 Å². The van der Waals surface area contributed by atoms with Crippen LogP contribution in [0.15, 0.2) is 17.0 Å². The van der Waals surface area contributed by atoms with Crippen LogP contribution in [0.5, 0.6) is 0 Å². The number of hydrogen-bond donors (Lipinski definition) is 3. The average molecular weight is 487 g/mol. The van der Waals surface area contributed by atoms with Crippen molar-refractivity contribution in [1.82, 2.24) is 20.3 Å². The molecule has 0 saturated carbocycles. The van der Waals surface area contributed by atoms with Gasteiger partial charge in [-0.3, -0.25) is 0 Å². The fourth-order valence-electron chi connectivity index (χ4n) is 5.07. The zero-order valence-electron chi connectivity index (χ0n) is 20.1. The lowest BCUT2D eigenvalue weighted by atomic mass is 9.98. The summed E-state index contributed by atoms with van der Waals surface area (Å²) in [5, 5.41) is 10.7. The van der Waals surface area contributed by atoms with Gasteiger partial charge < -0.3 is 16.0 Å². The lowest BCUT2D eigenvalue weighted by Crippen LogP contribution is -2.41. The van der Waals surface area contributed by atoms with Crippen molar-refractivity contribution in [3.8, 4) is 0 Å². The quantitative estimate of drug-likeness (QED) is 0.419. The van der Waals surface area contributed by atoms with Gasteiger partial charge in [0.15, 0.2) is 0 Å². The predicted molar refractivity (Wildman–Crippen MR) is 135 cm³/mol. The summed E-state index contributed by atoms with van der Waals surface area (Å²) in [6.45, 7) is 12.5. The molecule has 6 nitrogen and oxygen atoms in total. The van der Waals surface area contributed by atoms with Crippen molar-refractivity contribution in [2.45, 2.75) is 70.2 Å². The molecule has 1 atom stereocenters. The number of nitrogens with zero attached hydrogens (tertiary/aromatic N) is 1. The van der Waals surface area contributed by atoms with Gasteiger partial charge in [-0.2, -0.15) is 4.31 Å². The predicted octanol–water partition coefficient (Wildman–Crippen LogP) is 3.15. The van der Waals surface area contributed by atoms with Crippen molar-refractivity contribution in [1.29, 1.82) is 0 Å². The highest BCUT2D eigenvalue weighted by Gasteiger charge is 2.31. The van der Waals surface area contributed by atoms with E-state index in [2.05, 4.69) is 16.0 Å². The molecule has 0 aliphatic carbocycles. The standard InChI is InChI=1S/C24H42N4O2S.ClH/c1-19-15-20(2)24(21(3)16-19)31(29,30)28-13-8-22(9-14-28)17-25-10-4-5-11-26-18-23-7-6-12-27-23;/h15-16,22-23,25-27H,4-14,17-18H2,1-3H3;1H/t23-;/m0./s1. The summed E-state index contributed by atoms with van der Waals surface area (Å²) in [6.07, 6.45) is 6.87. The van der Waals surface area contributed by atoms with E-state index in [-0.39, 0.29) is 12.4 Å². The molecule has 0 amide bonds. The maximum Gasteiger partial charge on any atom is 0.243 e. The number of hydrogen-bond acceptors (Lipinski definition) is 5. The molecule has 0 aromatic heterocycles. The first-order chi connectivity index (χ1) is 14.9. The molecule has 1 aromatic carbocycles. The number of piperidine rings is 1. The second kappa shape index (κ2) is 13.3. The first-order valence-electron chi connectivity index (χ1n) is 12.1. The molecule has 2 aliphatic heterocycles. The molecule has 2 heterocycles. The smallest absolute Gasteiger partial charge is 0.243 e. The van der Waals surface area contributed by atoms with E-state index in [1.807, 2.05) is 32.9 Å². The number of sulfonamides is 1. The van der Waals surface area contributed by atoms with Gasteiger partial charge in [-0.25, -0.2) is 8.42 Å². The van der Waals surface area contributed by atoms with Crippen LogP contribution in [0.2, 0.25) is 0 Å². The van der Waals surface area contributed by atoms with Gasteiger partial charge >= 0.3 is 0 Å². The Morgan fingerprint density at radius 1 is 0.969 bits per heavy atom. The van der Waals surface area contributed by atoms with E-state index < -0.39 is 10.0 Å². The van der Waals surface area contributed by atoms with Crippen LogP contribution in [0.4, 0.5) is 0 Å². The monoisotopic (exact) mass is 486 g/mol. The van der Waals surface area contributed by atoms with E-state index in [9.17, 15) is 8.42 Å². The summed E-state index contributed by atoms with van der Waals surface area (Å²) in [7, 11) is -3.41. The van der Waals surface area contributed by atoms with E-state index in [0.717, 1.165) is 55.7 Å². The maximum absolute atomic E-state index is 13.2. The third-order valence-electron chi connectivity index (χ3n) is 6.72. The topological polar surface area (TPSA) is 73.5 Å². The summed E-state index contributed by atoms with van der Waals surface area (Å²) in [5.74, 6) is 0.568. The van der Waals surface area contributed by atoms with Crippen molar-refractivity contribution in [3.63, 3.8) is 0 Å². The Bertz CT molecular complexity index is 781. The molecule has 8 heteroatoms. The van der Waals surface area contributed by atoms with Crippen molar-refractivity contribution in [2.75, 3.05) is 45.8 Å². The molecule has 184 valence electrons. The Hall–Kier alpha value is -0.700. The largest absolute Gasteiger partial charge is 0.316 e. The minimum Gasteiger partial charge on any atom is -0.316 e. The average Bonchev–Trinajstić information content (AvgIpc) is 3.23. The van der Waals surface area contributed by atoms with Crippen LogP contribution < -0.4 is 16.0 Å². The van der Waals surface area contributed by atoms with Crippen molar-refractivity contribution in [2.24, 2.45) is 5.92 Å². The Labute approximate surface area is 201 Å². The first kappa shape index (κ1) is 27.5. The van der Waals surface area contributed by atoms with Crippen LogP contribution in [0, 0.1) is 26.7 Å². The fraction of sp³-hybridized carbons (Fsp3) is 0.750. The molecule has 3 rings (SSSR count). The van der Waals surface area contributed by atoms with Crippen LogP contribution in [0.25, 0.3) is 0 Å². The molecular weight excluding hydrogens is 444 g/mol. The highest BCUT2D eigenvalue weighted by atomic mass is 35.5. The third kappa shape index (κ3) is 7.67. The van der Waals surface area contributed by atoms with Crippen molar-refractivity contribution >= 4 is 22.4 Å². The number of aryl methyl sites for hydroxylation is 3. The molecule has 2 aliphatic rings. The number of unbranched alkanes of at least 4 members (excludes halogenated alkanes) is 1. The highest BCUT2D eigenvalue weighted by molar-refractivity contribution is 7.89. The van der Waals surface area contributed by atoms with Crippen LogP contribution in [-0.4, -0.2) is 64.6 Å². The van der Waals surface area contributed by atoms with Gasteiger partial charge in [-0.05, 0) is 103 Å². The third-order valence-corrected chi connectivity index (χ3v) is 8.92. The molecule has 0 bridgehead atoms. The van der Waals surface area contributed by atoms with E-state index in [1.54, 1.807) is 4.31 Å². The summed E-state index contributed by atoms with van der Waals surface area (Å²) >= 11 is 0.